The Morgan fingerprint density at radius 2 is 2.21 bits per heavy atom. The Labute approximate surface area is 144 Å². The van der Waals surface area contributed by atoms with Crippen molar-refractivity contribution in [2.75, 3.05) is 13.7 Å². The van der Waals surface area contributed by atoms with E-state index in [9.17, 15) is 4.79 Å². The van der Waals surface area contributed by atoms with Gasteiger partial charge in [-0.15, -0.1) is 11.3 Å². The van der Waals surface area contributed by atoms with E-state index in [-0.39, 0.29) is 24.0 Å². The summed E-state index contributed by atoms with van der Waals surface area (Å²) >= 11 is 1.79. The number of amides is 1. The molecule has 4 rings (SSSR count). The Morgan fingerprint density at radius 1 is 1.38 bits per heavy atom. The molecule has 3 heterocycles. The van der Waals surface area contributed by atoms with Gasteiger partial charge in [-0.3, -0.25) is 4.79 Å². The molecule has 0 spiro atoms. The minimum Gasteiger partial charge on any atom is -0.380 e. The van der Waals surface area contributed by atoms with Crippen molar-refractivity contribution in [2.24, 2.45) is 5.92 Å². The zero-order valence-corrected chi connectivity index (χ0v) is 14.9. The van der Waals surface area contributed by atoms with Gasteiger partial charge in [-0.05, 0) is 32.4 Å². The third kappa shape index (κ3) is 2.75. The molecule has 128 valence electrons. The van der Waals surface area contributed by atoms with Gasteiger partial charge < -0.3 is 14.2 Å². The predicted octanol–water partition coefficient (Wildman–Crippen LogP) is 2.84. The number of aryl methyl sites for hydroxylation is 2. The molecule has 1 aliphatic heterocycles. The van der Waals surface area contributed by atoms with E-state index in [0.717, 1.165) is 6.42 Å². The highest BCUT2D eigenvalue weighted by molar-refractivity contribution is 7.12. The summed E-state index contributed by atoms with van der Waals surface area (Å²) in [7, 11) is 1.68. The maximum absolute atomic E-state index is 13.0. The largest absolute Gasteiger partial charge is 0.380 e. The van der Waals surface area contributed by atoms with E-state index in [0.29, 0.717) is 30.6 Å². The molecule has 4 atom stereocenters. The van der Waals surface area contributed by atoms with Crippen LogP contribution in [0.15, 0.2) is 16.7 Å². The molecule has 6 nitrogen and oxygen atoms in total. The number of nitrogens with zero attached hydrogens (tertiary/aromatic N) is 3. The monoisotopic (exact) mass is 347 g/mol. The zero-order valence-electron chi connectivity index (χ0n) is 14.1. The molecule has 0 radical (unpaired) electrons. The van der Waals surface area contributed by atoms with Crippen LogP contribution < -0.4 is 0 Å². The van der Waals surface area contributed by atoms with Crippen LogP contribution in [0.5, 0.6) is 0 Å². The van der Waals surface area contributed by atoms with Crippen LogP contribution in [-0.2, 0) is 9.53 Å². The van der Waals surface area contributed by atoms with Crippen LogP contribution in [0.2, 0.25) is 0 Å². The lowest BCUT2D eigenvalue weighted by atomic mass is 10.2. The van der Waals surface area contributed by atoms with Crippen LogP contribution in [0.1, 0.15) is 46.3 Å². The van der Waals surface area contributed by atoms with Gasteiger partial charge in [0.15, 0.2) is 5.82 Å². The first kappa shape index (κ1) is 15.8. The molecule has 1 saturated heterocycles. The lowest BCUT2D eigenvalue weighted by Crippen LogP contribution is -2.33. The lowest BCUT2D eigenvalue weighted by molar-refractivity contribution is -0.134. The van der Waals surface area contributed by atoms with Crippen LogP contribution in [-0.4, -0.2) is 40.7 Å². The van der Waals surface area contributed by atoms with E-state index in [4.69, 9.17) is 9.26 Å². The first-order valence-corrected chi connectivity index (χ1v) is 9.08. The molecule has 0 N–H and O–H groups in total. The van der Waals surface area contributed by atoms with Crippen molar-refractivity contribution >= 4 is 17.2 Å². The fourth-order valence-electron chi connectivity index (χ4n) is 3.54. The smallest absolute Gasteiger partial charge is 0.249 e. The maximum Gasteiger partial charge on any atom is 0.249 e. The highest BCUT2D eigenvalue weighted by atomic mass is 32.1. The van der Waals surface area contributed by atoms with Crippen LogP contribution in [0.4, 0.5) is 0 Å². The predicted molar refractivity (Wildman–Crippen MR) is 88.8 cm³/mol. The number of carbonyl (C=O) groups is 1. The Kier molecular flexibility index (Phi) is 3.92. The van der Waals surface area contributed by atoms with Gasteiger partial charge in [0.05, 0.1) is 6.10 Å². The molecule has 2 aromatic rings. The number of ether oxygens (including phenoxy) is 1. The summed E-state index contributed by atoms with van der Waals surface area (Å²) in [5, 5.41) is 3.87. The molecule has 2 aliphatic rings. The van der Waals surface area contributed by atoms with Crippen molar-refractivity contribution in [3.63, 3.8) is 0 Å². The second-order valence-electron chi connectivity index (χ2n) is 6.68. The first-order valence-electron chi connectivity index (χ1n) is 8.26. The van der Waals surface area contributed by atoms with Crippen LogP contribution in [0, 0.1) is 19.8 Å². The van der Waals surface area contributed by atoms with Crippen LogP contribution in [0.3, 0.4) is 0 Å². The van der Waals surface area contributed by atoms with Gasteiger partial charge in [0.25, 0.3) is 0 Å². The van der Waals surface area contributed by atoms with Crippen molar-refractivity contribution < 1.29 is 14.1 Å². The average molecular weight is 347 g/mol. The van der Waals surface area contributed by atoms with Crippen LogP contribution in [0.25, 0.3) is 0 Å². The number of carbonyl (C=O) groups excluding carboxylic acids is 1. The Morgan fingerprint density at radius 3 is 2.83 bits per heavy atom. The average Bonchev–Trinajstić information content (AvgIpc) is 2.90. The summed E-state index contributed by atoms with van der Waals surface area (Å²) in [5.41, 5.74) is 0. The molecule has 0 unspecified atom stereocenters. The fourth-order valence-corrected chi connectivity index (χ4v) is 4.60. The number of likely N-dealkylation sites (tertiary alicyclic amines) is 1. The van der Waals surface area contributed by atoms with E-state index >= 15 is 0 Å². The number of thiophene rings is 1. The molecule has 1 aliphatic carbocycles. The summed E-state index contributed by atoms with van der Waals surface area (Å²) < 4.78 is 10.8. The minimum atomic E-state index is -0.171. The summed E-state index contributed by atoms with van der Waals surface area (Å²) in [6.45, 7) is 4.48. The van der Waals surface area contributed by atoms with Gasteiger partial charge in [0.2, 0.25) is 11.8 Å². The molecular formula is C17H21N3O3S. The zero-order chi connectivity index (χ0) is 16.8. The number of aromatic nitrogens is 2. The van der Waals surface area contributed by atoms with Crippen molar-refractivity contribution in [3.05, 3.63) is 33.6 Å². The van der Waals surface area contributed by atoms with E-state index in [2.05, 4.69) is 29.2 Å². The number of rotatable bonds is 4. The maximum atomic E-state index is 13.0. The Bertz CT molecular complexity index is 756. The number of methoxy groups -OCH3 is 1. The van der Waals surface area contributed by atoms with Crippen LogP contribution >= 0.6 is 11.3 Å². The van der Waals surface area contributed by atoms with Crippen molar-refractivity contribution in [2.45, 2.75) is 44.8 Å². The van der Waals surface area contributed by atoms with E-state index < -0.39 is 0 Å². The second-order valence-corrected chi connectivity index (χ2v) is 8.00. The van der Waals surface area contributed by atoms with E-state index in [1.165, 1.54) is 9.75 Å². The van der Waals surface area contributed by atoms with Crippen molar-refractivity contribution in [1.29, 1.82) is 0 Å². The highest BCUT2D eigenvalue weighted by Crippen LogP contribution is 2.52. The van der Waals surface area contributed by atoms with Gasteiger partial charge in [0, 0.05) is 41.7 Å². The van der Waals surface area contributed by atoms with Gasteiger partial charge in [-0.25, -0.2) is 0 Å². The minimum absolute atomic E-state index is 0.0207. The van der Waals surface area contributed by atoms with Gasteiger partial charge in [0.1, 0.15) is 6.04 Å². The van der Waals surface area contributed by atoms with Gasteiger partial charge >= 0.3 is 0 Å². The van der Waals surface area contributed by atoms with E-state index in [1.54, 1.807) is 25.4 Å². The quantitative estimate of drug-likeness (QED) is 0.851. The van der Waals surface area contributed by atoms with Crippen molar-refractivity contribution in [1.82, 2.24) is 15.0 Å². The molecule has 0 bridgehead atoms. The Balaban J connectivity index is 1.52. The number of hydrogen-bond donors (Lipinski definition) is 0. The fraction of sp³-hybridized carbons (Fsp3) is 0.588. The molecule has 24 heavy (non-hydrogen) atoms. The third-order valence-corrected chi connectivity index (χ3v) is 6.07. The topological polar surface area (TPSA) is 68.5 Å². The summed E-state index contributed by atoms with van der Waals surface area (Å²) in [4.78, 5) is 21.9. The second kappa shape index (κ2) is 5.97. The Hall–Kier alpha value is -1.73. The van der Waals surface area contributed by atoms with Crippen molar-refractivity contribution in [3.8, 4) is 0 Å². The number of hydrogen-bond acceptors (Lipinski definition) is 6. The molecule has 2 fully saturated rings. The third-order valence-electron chi connectivity index (χ3n) is 4.94. The molecule has 1 saturated carbocycles. The molecule has 7 heteroatoms. The summed E-state index contributed by atoms with van der Waals surface area (Å²) in [5.74, 6) is 1.74. The SMILES string of the molecule is CO[C@@H]1C[C@H](c2nc(C)no2)N(C(=O)[C@@H]2C[C@@H]2c2ccc(C)s2)C1. The lowest BCUT2D eigenvalue weighted by Gasteiger charge is -2.21. The highest BCUT2D eigenvalue weighted by Gasteiger charge is 2.50. The normalized spacial score (nSPS) is 29.2. The molecule has 1 amide bonds. The summed E-state index contributed by atoms with van der Waals surface area (Å²) in [6.07, 6.45) is 1.66. The molecule has 2 aromatic heterocycles. The standard InChI is InChI=1S/C17H21N3O3S/c1-9-4-5-15(24-9)12-7-13(12)17(21)20-8-11(22-3)6-14(20)16-18-10(2)19-23-16/h4-5,11-14H,6-8H2,1-3H3/t11-,12+,13-,14-/m1/s1. The molecular weight excluding hydrogens is 326 g/mol. The van der Waals surface area contributed by atoms with Gasteiger partial charge in [-0.1, -0.05) is 5.16 Å². The molecule has 0 aromatic carbocycles. The van der Waals surface area contributed by atoms with Gasteiger partial charge in [-0.2, -0.15) is 4.98 Å². The summed E-state index contributed by atoms with van der Waals surface area (Å²) in [6, 6.07) is 4.11. The van der Waals surface area contributed by atoms with E-state index in [1.807, 2.05) is 4.90 Å². The first-order chi connectivity index (χ1) is 11.6.